The molecular weight excluding hydrogens is 444 g/mol. The fraction of sp³-hybridized carbons (Fsp3) is 0.348. The van der Waals surface area contributed by atoms with Gasteiger partial charge in [-0.15, -0.1) is 11.3 Å². The lowest BCUT2D eigenvalue weighted by Crippen LogP contribution is -2.29. The number of benzene rings is 1. The SMILES string of the molecule is CC(C)Cn1nc(C(=O)OCC(=O)Nc2sc3c(c2C(N)=O)CCC3)c2ccccc2c1=O. The molecule has 4 rings (SSSR count). The smallest absolute Gasteiger partial charge is 0.359 e. The summed E-state index contributed by atoms with van der Waals surface area (Å²) < 4.78 is 6.45. The number of esters is 1. The number of thiophene rings is 1. The number of nitrogens with two attached hydrogens (primary N) is 1. The second kappa shape index (κ2) is 9.14. The van der Waals surface area contributed by atoms with Crippen LogP contribution in [-0.4, -0.2) is 34.2 Å². The zero-order chi connectivity index (χ0) is 23.7. The highest BCUT2D eigenvalue weighted by atomic mass is 32.1. The van der Waals surface area contributed by atoms with Gasteiger partial charge in [0.1, 0.15) is 5.00 Å². The average Bonchev–Trinajstić information content (AvgIpc) is 3.34. The van der Waals surface area contributed by atoms with Crippen LogP contribution >= 0.6 is 11.3 Å². The fourth-order valence-corrected chi connectivity index (χ4v) is 5.28. The number of anilines is 1. The first-order valence-electron chi connectivity index (χ1n) is 10.7. The first-order chi connectivity index (χ1) is 15.8. The maximum absolute atomic E-state index is 12.8. The molecule has 0 saturated heterocycles. The molecule has 33 heavy (non-hydrogen) atoms. The van der Waals surface area contributed by atoms with Gasteiger partial charge in [0.25, 0.3) is 17.4 Å². The monoisotopic (exact) mass is 468 g/mol. The van der Waals surface area contributed by atoms with Crippen molar-refractivity contribution < 1.29 is 19.1 Å². The van der Waals surface area contributed by atoms with Crippen molar-refractivity contribution in [2.45, 2.75) is 39.7 Å². The van der Waals surface area contributed by atoms with E-state index in [1.165, 1.54) is 16.0 Å². The Morgan fingerprint density at radius 2 is 1.94 bits per heavy atom. The fourth-order valence-electron chi connectivity index (χ4n) is 3.97. The lowest BCUT2D eigenvalue weighted by molar-refractivity contribution is -0.119. The van der Waals surface area contributed by atoms with Gasteiger partial charge in [-0.1, -0.05) is 32.0 Å². The van der Waals surface area contributed by atoms with E-state index in [4.69, 9.17) is 10.5 Å². The van der Waals surface area contributed by atoms with Crippen molar-refractivity contribution in [1.29, 1.82) is 0 Å². The third-order valence-electron chi connectivity index (χ3n) is 5.35. The van der Waals surface area contributed by atoms with Gasteiger partial charge in [0.15, 0.2) is 12.3 Å². The third kappa shape index (κ3) is 4.51. The van der Waals surface area contributed by atoms with Crippen LogP contribution in [0.25, 0.3) is 10.8 Å². The van der Waals surface area contributed by atoms with E-state index in [0.29, 0.717) is 27.9 Å². The summed E-state index contributed by atoms with van der Waals surface area (Å²) >= 11 is 1.32. The van der Waals surface area contributed by atoms with E-state index < -0.39 is 24.4 Å². The van der Waals surface area contributed by atoms with E-state index in [1.54, 1.807) is 24.3 Å². The molecule has 1 aliphatic rings. The minimum absolute atomic E-state index is 0.0356. The number of primary amides is 1. The number of amides is 2. The molecule has 0 aliphatic heterocycles. The summed E-state index contributed by atoms with van der Waals surface area (Å²) in [5.41, 5.74) is 6.41. The number of aromatic nitrogens is 2. The molecule has 10 heteroatoms. The molecule has 0 unspecified atom stereocenters. The summed E-state index contributed by atoms with van der Waals surface area (Å²) in [5, 5.41) is 7.94. The number of hydrogen-bond donors (Lipinski definition) is 2. The standard InChI is InChI=1S/C23H24N4O5S/c1-12(2)10-27-22(30)14-7-4-3-6-13(14)19(26-27)23(31)32-11-17(28)25-21-18(20(24)29)15-8-5-9-16(15)33-21/h3-4,6-7,12H,5,8-11H2,1-2H3,(H2,24,29)(H,25,28). The van der Waals surface area contributed by atoms with Gasteiger partial charge in [-0.05, 0) is 36.8 Å². The second-order valence-corrected chi connectivity index (χ2v) is 9.43. The van der Waals surface area contributed by atoms with E-state index in [9.17, 15) is 19.2 Å². The van der Waals surface area contributed by atoms with Crippen LogP contribution in [0, 0.1) is 5.92 Å². The Labute approximate surface area is 193 Å². The molecule has 0 radical (unpaired) electrons. The highest BCUT2D eigenvalue weighted by molar-refractivity contribution is 7.17. The number of fused-ring (bicyclic) bond motifs is 2. The Hall–Kier alpha value is -3.53. The number of carbonyl (C=O) groups excluding carboxylic acids is 3. The molecule has 2 heterocycles. The number of carbonyl (C=O) groups is 3. The molecule has 2 aromatic heterocycles. The molecular formula is C23H24N4O5S. The van der Waals surface area contributed by atoms with Gasteiger partial charge in [-0.3, -0.25) is 14.4 Å². The zero-order valence-electron chi connectivity index (χ0n) is 18.3. The highest BCUT2D eigenvalue weighted by Crippen LogP contribution is 2.38. The maximum atomic E-state index is 12.8. The number of nitrogens with one attached hydrogen (secondary N) is 1. The van der Waals surface area contributed by atoms with E-state index in [0.717, 1.165) is 29.7 Å². The van der Waals surface area contributed by atoms with Crippen LogP contribution in [0.2, 0.25) is 0 Å². The van der Waals surface area contributed by atoms with Crippen LogP contribution in [0.15, 0.2) is 29.1 Å². The summed E-state index contributed by atoms with van der Waals surface area (Å²) in [7, 11) is 0. The van der Waals surface area contributed by atoms with Gasteiger partial charge >= 0.3 is 5.97 Å². The number of ether oxygens (including phenoxy) is 1. The third-order valence-corrected chi connectivity index (χ3v) is 6.56. The largest absolute Gasteiger partial charge is 0.451 e. The summed E-state index contributed by atoms with van der Waals surface area (Å²) in [6, 6.07) is 6.65. The molecule has 0 saturated carbocycles. The highest BCUT2D eigenvalue weighted by Gasteiger charge is 2.26. The molecule has 172 valence electrons. The Morgan fingerprint density at radius 3 is 2.64 bits per heavy atom. The first kappa shape index (κ1) is 22.7. The van der Waals surface area contributed by atoms with Crippen molar-refractivity contribution in [3.8, 4) is 0 Å². The van der Waals surface area contributed by atoms with E-state index in [1.807, 2.05) is 13.8 Å². The summed E-state index contributed by atoms with van der Waals surface area (Å²) in [6.45, 7) is 3.64. The average molecular weight is 469 g/mol. The topological polar surface area (TPSA) is 133 Å². The summed E-state index contributed by atoms with van der Waals surface area (Å²) in [4.78, 5) is 50.9. The van der Waals surface area contributed by atoms with Crippen molar-refractivity contribution in [3.05, 3.63) is 56.3 Å². The van der Waals surface area contributed by atoms with Gasteiger partial charge in [-0.2, -0.15) is 5.10 Å². The Kier molecular flexibility index (Phi) is 6.28. The van der Waals surface area contributed by atoms with Gasteiger partial charge in [0, 0.05) is 16.8 Å². The van der Waals surface area contributed by atoms with Crippen molar-refractivity contribution >= 4 is 44.9 Å². The maximum Gasteiger partial charge on any atom is 0.359 e. The molecule has 9 nitrogen and oxygen atoms in total. The molecule has 0 atom stereocenters. The minimum Gasteiger partial charge on any atom is -0.451 e. The molecule has 0 spiro atoms. The molecule has 3 aromatic rings. The summed E-state index contributed by atoms with van der Waals surface area (Å²) in [6.07, 6.45) is 2.54. The van der Waals surface area contributed by atoms with E-state index in [-0.39, 0.29) is 17.2 Å². The van der Waals surface area contributed by atoms with Crippen LogP contribution < -0.4 is 16.6 Å². The number of aryl methyl sites for hydroxylation is 1. The zero-order valence-corrected chi connectivity index (χ0v) is 19.2. The van der Waals surface area contributed by atoms with E-state index >= 15 is 0 Å². The van der Waals surface area contributed by atoms with Gasteiger partial charge in [-0.25, -0.2) is 9.48 Å². The quantitative estimate of drug-likeness (QED) is 0.512. The van der Waals surface area contributed by atoms with Gasteiger partial charge in [0.2, 0.25) is 0 Å². The normalized spacial score (nSPS) is 12.7. The Morgan fingerprint density at radius 1 is 1.21 bits per heavy atom. The predicted molar refractivity (Wildman–Crippen MR) is 125 cm³/mol. The van der Waals surface area contributed by atoms with Gasteiger partial charge in [0.05, 0.1) is 10.9 Å². The van der Waals surface area contributed by atoms with Crippen LogP contribution in [-0.2, 0) is 28.9 Å². The van der Waals surface area contributed by atoms with Crippen molar-refractivity contribution in [2.75, 3.05) is 11.9 Å². The minimum atomic E-state index is -0.817. The van der Waals surface area contributed by atoms with Crippen molar-refractivity contribution in [2.24, 2.45) is 11.7 Å². The molecule has 1 aromatic carbocycles. The van der Waals surface area contributed by atoms with Crippen LogP contribution in [0.5, 0.6) is 0 Å². The Bertz CT molecular complexity index is 1320. The molecule has 2 amide bonds. The van der Waals surface area contributed by atoms with Gasteiger partial charge < -0.3 is 15.8 Å². The number of rotatable bonds is 7. The second-order valence-electron chi connectivity index (χ2n) is 8.33. The van der Waals surface area contributed by atoms with Crippen LogP contribution in [0.3, 0.4) is 0 Å². The lowest BCUT2D eigenvalue weighted by atomic mass is 10.1. The number of nitrogens with zero attached hydrogens (tertiary/aromatic N) is 2. The van der Waals surface area contributed by atoms with Crippen LogP contribution in [0.1, 0.15) is 51.6 Å². The first-order valence-corrected chi connectivity index (χ1v) is 11.5. The van der Waals surface area contributed by atoms with E-state index in [2.05, 4.69) is 10.4 Å². The van der Waals surface area contributed by atoms with Crippen molar-refractivity contribution in [1.82, 2.24) is 9.78 Å². The molecule has 1 aliphatic carbocycles. The molecule has 0 fully saturated rings. The molecule has 3 N–H and O–H groups in total. The van der Waals surface area contributed by atoms with Crippen LogP contribution in [0.4, 0.5) is 5.00 Å². The molecule has 0 bridgehead atoms. The Balaban J connectivity index is 1.53. The lowest BCUT2D eigenvalue weighted by Gasteiger charge is -2.12. The number of hydrogen-bond acceptors (Lipinski definition) is 7. The summed E-state index contributed by atoms with van der Waals surface area (Å²) in [5.74, 6) is -1.86. The predicted octanol–water partition coefficient (Wildman–Crippen LogP) is 2.50. The van der Waals surface area contributed by atoms with Crippen molar-refractivity contribution in [3.63, 3.8) is 0 Å².